The number of fused-ring (bicyclic) bond motifs is 1. The second-order valence-electron chi connectivity index (χ2n) is 5.78. The van der Waals surface area contributed by atoms with Gasteiger partial charge in [-0.25, -0.2) is 4.98 Å². The summed E-state index contributed by atoms with van der Waals surface area (Å²) in [5.74, 6) is 1.01. The SMILES string of the molecule is Cc1sc2nc(CS[C@H](C)C(=O)Nc3ccccc3)[nH]c(=O)c2c1C. The molecule has 0 spiro atoms. The second-order valence-corrected chi connectivity index (χ2v) is 8.32. The number of thiophene rings is 1. The van der Waals surface area contributed by atoms with E-state index in [2.05, 4.69) is 15.3 Å². The average molecular weight is 374 g/mol. The van der Waals surface area contributed by atoms with E-state index < -0.39 is 0 Å². The van der Waals surface area contributed by atoms with Gasteiger partial charge >= 0.3 is 0 Å². The second kappa shape index (κ2) is 7.41. The zero-order valence-electron chi connectivity index (χ0n) is 14.3. The fourth-order valence-corrected chi connectivity index (χ4v) is 4.22. The van der Waals surface area contributed by atoms with E-state index in [0.29, 0.717) is 17.0 Å². The predicted octanol–water partition coefficient (Wildman–Crippen LogP) is 3.86. The number of carbonyl (C=O) groups excluding carboxylic acids is 1. The zero-order valence-corrected chi connectivity index (χ0v) is 15.9. The summed E-state index contributed by atoms with van der Waals surface area (Å²) in [5.41, 5.74) is 1.66. The normalized spacial score (nSPS) is 12.3. The molecule has 25 heavy (non-hydrogen) atoms. The van der Waals surface area contributed by atoms with Crippen molar-refractivity contribution in [3.05, 3.63) is 57.0 Å². The molecule has 0 aliphatic heterocycles. The molecule has 0 saturated heterocycles. The standard InChI is InChI=1S/C18H19N3O2S2/c1-10-11(2)25-18-15(10)17(23)20-14(21-18)9-24-12(3)16(22)19-13-7-5-4-6-8-13/h4-8,12H,9H2,1-3H3,(H,19,22)(H,20,21,23)/t12-/m1/s1. The van der Waals surface area contributed by atoms with Crippen LogP contribution in [-0.4, -0.2) is 21.1 Å². The molecule has 2 heterocycles. The molecule has 1 aromatic carbocycles. The number of carbonyl (C=O) groups is 1. The van der Waals surface area contributed by atoms with Crippen molar-refractivity contribution in [1.82, 2.24) is 9.97 Å². The van der Waals surface area contributed by atoms with Gasteiger partial charge in [-0.1, -0.05) is 18.2 Å². The number of para-hydroxylation sites is 1. The number of benzene rings is 1. The Labute approximate surface area is 153 Å². The highest BCUT2D eigenvalue weighted by Gasteiger charge is 2.16. The number of nitrogens with one attached hydrogen (secondary N) is 2. The predicted molar refractivity (Wildman–Crippen MR) is 106 cm³/mol. The summed E-state index contributed by atoms with van der Waals surface area (Å²) < 4.78 is 0. The van der Waals surface area contributed by atoms with Gasteiger partial charge in [0.1, 0.15) is 10.7 Å². The van der Waals surface area contributed by atoms with Gasteiger partial charge in [0, 0.05) is 10.6 Å². The Morgan fingerprint density at radius 3 is 2.76 bits per heavy atom. The molecule has 0 radical (unpaired) electrons. The fraction of sp³-hybridized carbons (Fsp3) is 0.278. The van der Waals surface area contributed by atoms with E-state index in [1.165, 1.54) is 23.1 Å². The van der Waals surface area contributed by atoms with Crippen LogP contribution >= 0.6 is 23.1 Å². The Kier molecular flexibility index (Phi) is 5.24. The highest BCUT2D eigenvalue weighted by atomic mass is 32.2. The van der Waals surface area contributed by atoms with E-state index in [1.807, 2.05) is 51.1 Å². The summed E-state index contributed by atoms with van der Waals surface area (Å²) in [6, 6.07) is 9.36. The van der Waals surface area contributed by atoms with Crippen LogP contribution in [-0.2, 0) is 10.5 Å². The van der Waals surface area contributed by atoms with Crippen LogP contribution in [0.1, 0.15) is 23.2 Å². The number of anilines is 1. The number of aromatic nitrogens is 2. The molecule has 0 aliphatic carbocycles. The number of hydrogen-bond acceptors (Lipinski definition) is 5. The minimum absolute atomic E-state index is 0.0672. The van der Waals surface area contributed by atoms with E-state index >= 15 is 0 Å². The van der Waals surface area contributed by atoms with Crippen molar-refractivity contribution in [2.75, 3.05) is 5.32 Å². The molecule has 0 unspecified atom stereocenters. The minimum Gasteiger partial charge on any atom is -0.325 e. The molecule has 130 valence electrons. The maximum Gasteiger partial charge on any atom is 0.259 e. The molecule has 1 atom stereocenters. The number of amides is 1. The van der Waals surface area contributed by atoms with E-state index in [1.54, 1.807) is 0 Å². The van der Waals surface area contributed by atoms with Gasteiger partial charge in [-0.2, -0.15) is 0 Å². The van der Waals surface area contributed by atoms with Crippen molar-refractivity contribution in [1.29, 1.82) is 0 Å². The summed E-state index contributed by atoms with van der Waals surface area (Å²) in [4.78, 5) is 33.8. The summed E-state index contributed by atoms with van der Waals surface area (Å²) in [5, 5.41) is 3.30. The zero-order chi connectivity index (χ0) is 18.0. The average Bonchev–Trinajstić information content (AvgIpc) is 2.88. The van der Waals surface area contributed by atoms with E-state index in [4.69, 9.17) is 0 Å². The highest BCUT2D eigenvalue weighted by molar-refractivity contribution is 7.99. The smallest absolute Gasteiger partial charge is 0.259 e. The molecule has 0 aliphatic rings. The molecule has 0 saturated carbocycles. The number of nitrogens with zero attached hydrogens (tertiary/aromatic N) is 1. The van der Waals surface area contributed by atoms with E-state index in [0.717, 1.165) is 21.0 Å². The highest BCUT2D eigenvalue weighted by Crippen LogP contribution is 2.26. The summed E-state index contributed by atoms with van der Waals surface area (Å²) in [6.07, 6.45) is 0. The lowest BCUT2D eigenvalue weighted by molar-refractivity contribution is -0.115. The third-order valence-corrected chi connectivity index (χ3v) is 6.22. The van der Waals surface area contributed by atoms with Crippen LogP contribution in [0.5, 0.6) is 0 Å². The molecule has 7 heteroatoms. The summed E-state index contributed by atoms with van der Waals surface area (Å²) in [7, 11) is 0. The number of aromatic amines is 1. The molecule has 5 nitrogen and oxygen atoms in total. The maximum absolute atomic E-state index is 12.3. The van der Waals surface area contributed by atoms with Crippen LogP contribution in [0.25, 0.3) is 10.2 Å². The Morgan fingerprint density at radius 1 is 1.32 bits per heavy atom. The molecule has 3 aromatic rings. The number of rotatable bonds is 5. The van der Waals surface area contributed by atoms with Crippen molar-refractivity contribution >= 4 is 44.9 Å². The van der Waals surface area contributed by atoms with E-state index in [9.17, 15) is 9.59 Å². The quantitative estimate of drug-likeness (QED) is 0.712. The minimum atomic E-state index is -0.256. The number of hydrogen-bond donors (Lipinski definition) is 2. The third-order valence-electron chi connectivity index (χ3n) is 3.97. The molecular formula is C18H19N3O2S2. The van der Waals surface area contributed by atoms with Gasteiger partial charge in [0.25, 0.3) is 5.56 Å². The van der Waals surface area contributed by atoms with Gasteiger partial charge in [0.2, 0.25) is 5.91 Å². The third kappa shape index (κ3) is 3.93. The van der Waals surface area contributed by atoms with Crippen LogP contribution in [0.3, 0.4) is 0 Å². The number of H-pyrrole nitrogens is 1. The lowest BCUT2D eigenvalue weighted by atomic mass is 10.2. The van der Waals surface area contributed by atoms with Crippen molar-refractivity contribution < 1.29 is 4.79 Å². The van der Waals surface area contributed by atoms with Crippen molar-refractivity contribution in [2.24, 2.45) is 0 Å². The van der Waals surface area contributed by atoms with Gasteiger partial charge in [0.15, 0.2) is 0 Å². The Morgan fingerprint density at radius 2 is 2.04 bits per heavy atom. The lowest BCUT2D eigenvalue weighted by Crippen LogP contribution is -2.23. The van der Waals surface area contributed by atoms with Crippen LogP contribution in [0.15, 0.2) is 35.1 Å². The Balaban J connectivity index is 1.68. The number of thioether (sulfide) groups is 1. The molecule has 3 rings (SSSR count). The van der Waals surface area contributed by atoms with Gasteiger partial charge in [-0.05, 0) is 38.5 Å². The molecule has 2 aromatic heterocycles. The monoisotopic (exact) mass is 373 g/mol. The molecule has 0 bridgehead atoms. The van der Waals surface area contributed by atoms with Gasteiger partial charge in [-0.3, -0.25) is 9.59 Å². The lowest BCUT2D eigenvalue weighted by Gasteiger charge is -2.11. The largest absolute Gasteiger partial charge is 0.325 e. The first-order valence-corrected chi connectivity index (χ1v) is 9.78. The molecular weight excluding hydrogens is 354 g/mol. The van der Waals surface area contributed by atoms with Crippen LogP contribution < -0.4 is 10.9 Å². The topological polar surface area (TPSA) is 74.8 Å². The molecule has 0 fully saturated rings. The Bertz CT molecular complexity index is 964. The number of aryl methyl sites for hydroxylation is 2. The molecule has 2 N–H and O–H groups in total. The summed E-state index contributed by atoms with van der Waals surface area (Å²) in [6.45, 7) is 5.78. The van der Waals surface area contributed by atoms with Gasteiger partial charge in [0.05, 0.1) is 16.4 Å². The van der Waals surface area contributed by atoms with Crippen molar-refractivity contribution in [3.63, 3.8) is 0 Å². The first-order valence-electron chi connectivity index (χ1n) is 7.92. The van der Waals surface area contributed by atoms with Crippen molar-refractivity contribution in [2.45, 2.75) is 31.8 Å². The van der Waals surface area contributed by atoms with Crippen LogP contribution in [0.4, 0.5) is 5.69 Å². The van der Waals surface area contributed by atoms with Crippen molar-refractivity contribution in [3.8, 4) is 0 Å². The maximum atomic E-state index is 12.3. The first kappa shape index (κ1) is 17.7. The van der Waals surface area contributed by atoms with Gasteiger partial charge in [-0.15, -0.1) is 23.1 Å². The van der Waals surface area contributed by atoms with Crippen LogP contribution in [0, 0.1) is 13.8 Å². The molecule has 1 amide bonds. The Hall–Kier alpha value is -2.12. The van der Waals surface area contributed by atoms with Gasteiger partial charge < -0.3 is 10.3 Å². The fourth-order valence-electron chi connectivity index (χ4n) is 2.41. The van der Waals surface area contributed by atoms with E-state index in [-0.39, 0.29) is 16.7 Å². The van der Waals surface area contributed by atoms with Crippen LogP contribution in [0.2, 0.25) is 0 Å². The summed E-state index contributed by atoms with van der Waals surface area (Å²) >= 11 is 2.97. The first-order chi connectivity index (χ1) is 12.0.